The topological polar surface area (TPSA) is 57.6 Å². The van der Waals surface area contributed by atoms with Crippen molar-refractivity contribution in [3.05, 3.63) is 34.3 Å². The van der Waals surface area contributed by atoms with Gasteiger partial charge in [-0.1, -0.05) is 18.1 Å². The highest BCUT2D eigenvalue weighted by Crippen LogP contribution is 2.17. The number of aliphatic carboxylic acids is 1. The highest BCUT2D eigenvalue weighted by Gasteiger charge is 2.19. The van der Waals surface area contributed by atoms with E-state index in [1.807, 2.05) is 0 Å². The maximum absolute atomic E-state index is 12.0. The molecule has 1 N–H and O–H groups in total. The third-order valence-electron chi connectivity index (χ3n) is 2.00. The lowest BCUT2D eigenvalue weighted by Gasteiger charge is -2.18. The van der Waals surface area contributed by atoms with Crippen LogP contribution in [0.2, 0.25) is 0 Å². The average molecular weight is 296 g/mol. The molecule has 1 aromatic carbocycles. The van der Waals surface area contributed by atoms with Crippen LogP contribution in [0.25, 0.3) is 0 Å². The largest absolute Gasteiger partial charge is 0.480 e. The molecule has 0 heterocycles. The Hall–Kier alpha value is -1.80. The molecule has 0 radical (unpaired) electrons. The highest BCUT2D eigenvalue weighted by atomic mass is 79.9. The molecule has 17 heavy (non-hydrogen) atoms. The number of halogens is 1. The Labute approximate surface area is 107 Å². The van der Waals surface area contributed by atoms with Crippen LogP contribution in [0.5, 0.6) is 0 Å². The van der Waals surface area contributed by atoms with Crippen molar-refractivity contribution in [3.8, 4) is 12.3 Å². The number of nitrogens with zero attached hydrogens (tertiary/aromatic N) is 1. The van der Waals surface area contributed by atoms with Gasteiger partial charge in [-0.3, -0.25) is 9.59 Å². The molecule has 1 rings (SSSR count). The van der Waals surface area contributed by atoms with E-state index in [0.717, 1.165) is 4.90 Å². The van der Waals surface area contributed by atoms with Crippen LogP contribution in [-0.2, 0) is 4.79 Å². The van der Waals surface area contributed by atoms with E-state index in [0.29, 0.717) is 10.0 Å². The summed E-state index contributed by atoms with van der Waals surface area (Å²) in [5.41, 5.74) is 0.393. The van der Waals surface area contributed by atoms with Crippen LogP contribution in [0, 0.1) is 12.3 Å². The summed E-state index contributed by atoms with van der Waals surface area (Å²) >= 11 is 3.24. The molecular weight excluding hydrogens is 286 g/mol. The number of carbonyl (C=O) groups is 2. The summed E-state index contributed by atoms with van der Waals surface area (Å²) < 4.78 is 0.609. The average Bonchev–Trinajstić information content (AvgIpc) is 2.28. The quantitative estimate of drug-likeness (QED) is 0.859. The Morgan fingerprint density at radius 3 is 2.59 bits per heavy atom. The summed E-state index contributed by atoms with van der Waals surface area (Å²) in [7, 11) is 0. The van der Waals surface area contributed by atoms with E-state index in [1.165, 1.54) is 0 Å². The smallest absolute Gasteiger partial charge is 0.323 e. The third kappa shape index (κ3) is 3.61. The molecule has 0 saturated carbocycles. The van der Waals surface area contributed by atoms with Gasteiger partial charge in [-0.05, 0) is 28.1 Å². The van der Waals surface area contributed by atoms with Crippen molar-refractivity contribution in [2.45, 2.75) is 0 Å². The molecule has 0 spiro atoms. The molecule has 0 fully saturated rings. The van der Waals surface area contributed by atoms with Gasteiger partial charge in [0.1, 0.15) is 6.54 Å². The first-order valence-corrected chi connectivity index (χ1v) is 5.54. The van der Waals surface area contributed by atoms with Crippen LogP contribution >= 0.6 is 15.9 Å². The fourth-order valence-corrected chi connectivity index (χ4v) is 1.73. The second-order valence-corrected chi connectivity index (χ2v) is 4.09. The number of terminal acetylenes is 1. The third-order valence-corrected chi connectivity index (χ3v) is 2.69. The van der Waals surface area contributed by atoms with Crippen molar-refractivity contribution in [3.63, 3.8) is 0 Å². The molecule has 1 aromatic rings. The van der Waals surface area contributed by atoms with Crippen molar-refractivity contribution < 1.29 is 14.7 Å². The summed E-state index contributed by atoms with van der Waals surface area (Å²) in [6, 6.07) is 6.79. The minimum atomic E-state index is -1.10. The predicted octanol–water partition coefficient (Wildman–Crippen LogP) is 1.61. The fraction of sp³-hybridized carbons (Fsp3) is 0.167. The maximum Gasteiger partial charge on any atom is 0.323 e. The Morgan fingerprint density at radius 1 is 1.41 bits per heavy atom. The first-order chi connectivity index (χ1) is 8.06. The number of carbonyl (C=O) groups excluding carboxylic acids is 1. The Balaban J connectivity index is 2.96. The molecule has 0 aliphatic heterocycles. The molecule has 1 amide bonds. The molecule has 0 aliphatic carbocycles. The standard InChI is InChI=1S/C12H10BrNO3/c1-2-7-14(8-11(15)16)12(17)9-5-3-4-6-10(9)13/h1,3-6H,7-8H2,(H,15,16). The van der Waals surface area contributed by atoms with E-state index in [-0.39, 0.29) is 6.54 Å². The van der Waals surface area contributed by atoms with E-state index in [4.69, 9.17) is 11.5 Å². The van der Waals surface area contributed by atoms with E-state index in [9.17, 15) is 9.59 Å². The fourth-order valence-electron chi connectivity index (χ4n) is 1.28. The maximum atomic E-state index is 12.0. The second kappa shape index (κ2) is 6.06. The van der Waals surface area contributed by atoms with Crippen LogP contribution in [0.1, 0.15) is 10.4 Å². The Morgan fingerprint density at radius 2 is 2.06 bits per heavy atom. The zero-order valence-electron chi connectivity index (χ0n) is 8.89. The predicted molar refractivity (Wildman–Crippen MR) is 66.5 cm³/mol. The highest BCUT2D eigenvalue weighted by molar-refractivity contribution is 9.10. The number of benzene rings is 1. The molecule has 0 bridgehead atoms. The van der Waals surface area contributed by atoms with Crippen molar-refractivity contribution in [1.29, 1.82) is 0 Å². The van der Waals surface area contributed by atoms with Crippen LogP contribution in [0.4, 0.5) is 0 Å². The number of rotatable bonds is 4. The van der Waals surface area contributed by atoms with Crippen LogP contribution in [0.3, 0.4) is 0 Å². The van der Waals surface area contributed by atoms with Gasteiger partial charge in [-0.25, -0.2) is 0 Å². The summed E-state index contributed by atoms with van der Waals surface area (Å²) in [5, 5.41) is 8.70. The van der Waals surface area contributed by atoms with Crippen molar-refractivity contribution in [2.75, 3.05) is 13.1 Å². The van der Waals surface area contributed by atoms with Crippen molar-refractivity contribution in [2.24, 2.45) is 0 Å². The van der Waals surface area contributed by atoms with Gasteiger partial charge in [0.15, 0.2) is 0 Å². The normalized spacial score (nSPS) is 9.41. The molecule has 0 atom stereocenters. The number of amides is 1. The summed E-state index contributed by atoms with van der Waals surface area (Å²) in [6.45, 7) is -0.448. The van der Waals surface area contributed by atoms with Gasteiger partial charge in [-0.15, -0.1) is 6.42 Å². The van der Waals surface area contributed by atoms with Crippen molar-refractivity contribution in [1.82, 2.24) is 4.90 Å². The lowest BCUT2D eigenvalue weighted by Crippen LogP contribution is -2.36. The van der Waals surface area contributed by atoms with Gasteiger partial charge in [0.2, 0.25) is 0 Å². The van der Waals surface area contributed by atoms with E-state index >= 15 is 0 Å². The lowest BCUT2D eigenvalue weighted by atomic mass is 10.2. The van der Waals surface area contributed by atoms with Gasteiger partial charge in [0, 0.05) is 4.47 Å². The molecule has 5 heteroatoms. The number of carboxylic acids is 1. The minimum Gasteiger partial charge on any atom is -0.480 e. The van der Waals surface area contributed by atoms with Crippen LogP contribution in [-0.4, -0.2) is 35.0 Å². The zero-order valence-corrected chi connectivity index (χ0v) is 10.5. The van der Waals surface area contributed by atoms with E-state index in [1.54, 1.807) is 24.3 Å². The lowest BCUT2D eigenvalue weighted by molar-refractivity contribution is -0.137. The van der Waals surface area contributed by atoms with E-state index in [2.05, 4.69) is 21.9 Å². The van der Waals surface area contributed by atoms with Gasteiger partial charge in [-0.2, -0.15) is 0 Å². The monoisotopic (exact) mass is 295 g/mol. The Bertz CT molecular complexity index is 479. The first kappa shape index (κ1) is 13.3. The van der Waals surface area contributed by atoms with Crippen molar-refractivity contribution >= 4 is 27.8 Å². The molecule has 0 unspecified atom stereocenters. The second-order valence-electron chi connectivity index (χ2n) is 3.24. The SMILES string of the molecule is C#CCN(CC(=O)O)C(=O)c1ccccc1Br. The molecule has 88 valence electrons. The molecular formula is C12H10BrNO3. The molecule has 4 nitrogen and oxygen atoms in total. The molecule has 0 aromatic heterocycles. The minimum absolute atomic E-state index is 0.0353. The Kier molecular flexibility index (Phi) is 4.73. The first-order valence-electron chi connectivity index (χ1n) is 4.75. The molecule has 0 aliphatic rings. The van der Waals surface area contributed by atoms with Crippen LogP contribution < -0.4 is 0 Å². The van der Waals surface area contributed by atoms with Gasteiger partial charge < -0.3 is 10.0 Å². The van der Waals surface area contributed by atoms with E-state index < -0.39 is 18.4 Å². The zero-order chi connectivity index (χ0) is 12.8. The summed E-state index contributed by atoms with van der Waals surface area (Å²) in [4.78, 5) is 23.8. The summed E-state index contributed by atoms with van der Waals surface area (Å²) in [6.07, 6.45) is 5.11. The number of hydrogen-bond acceptors (Lipinski definition) is 2. The summed E-state index contributed by atoms with van der Waals surface area (Å²) in [5.74, 6) is 0.768. The van der Waals surface area contributed by atoms with Gasteiger partial charge in [0.05, 0.1) is 12.1 Å². The van der Waals surface area contributed by atoms with Gasteiger partial charge >= 0.3 is 5.97 Å². The van der Waals surface area contributed by atoms with Gasteiger partial charge in [0.25, 0.3) is 5.91 Å². The number of carboxylic acid groups (broad SMARTS) is 1. The van der Waals surface area contributed by atoms with Crippen LogP contribution in [0.15, 0.2) is 28.7 Å². The molecule has 0 saturated heterocycles. The number of hydrogen-bond donors (Lipinski definition) is 1.